The molecule has 0 aromatic carbocycles. The van der Waals surface area contributed by atoms with Crippen LogP contribution in [0.25, 0.3) is 0 Å². The van der Waals surface area contributed by atoms with Crippen molar-refractivity contribution in [1.29, 1.82) is 0 Å². The Morgan fingerprint density at radius 1 is 1.43 bits per heavy atom. The van der Waals surface area contributed by atoms with Gasteiger partial charge in [0.15, 0.2) is 0 Å². The standard InChI is InChI=1S/C10H17NO3/c1-4-7-9(12)11(6-3)8(5-2)10(13)14/h4,7-8H,5-6H2,1-3H3,(H,13,14)/b7-4-. The number of nitrogens with zero attached hydrogens (tertiary/aromatic N) is 1. The van der Waals surface area contributed by atoms with Crippen molar-refractivity contribution in [2.75, 3.05) is 6.54 Å². The minimum atomic E-state index is -0.952. The number of hydrogen-bond acceptors (Lipinski definition) is 2. The molecule has 1 N–H and O–H groups in total. The highest BCUT2D eigenvalue weighted by molar-refractivity contribution is 5.91. The number of allylic oxidation sites excluding steroid dienone is 1. The highest BCUT2D eigenvalue weighted by Crippen LogP contribution is 2.05. The van der Waals surface area contributed by atoms with E-state index in [2.05, 4.69) is 0 Å². The lowest BCUT2D eigenvalue weighted by molar-refractivity contribution is -0.148. The van der Waals surface area contributed by atoms with Gasteiger partial charge in [-0.1, -0.05) is 13.0 Å². The summed E-state index contributed by atoms with van der Waals surface area (Å²) in [5.74, 6) is -1.20. The summed E-state index contributed by atoms with van der Waals surface area (Å²) in [7, 11) is 0. The van der Waals surface area contributed by atoms with Crippen LogP contribution < -0.4 is 0 Å². The van der Waals surface area contributed by atoms with E-state index in [4.69, 9.17) is 5.11 Å². The molecule has 0 rings (SSSR count). The van der Waals surface area contributed by atoms with Crippen LogP contribution >= 0.6 is 0 Å². The van der Waals surface area contributed by atoms with Crippen LogP contribution in [0.5, 0.6) is 0 Å². The van der Waals surface area contributed by atoms with Crippen LogP contribution in [0.4, 0.5) is 0 Å². The summed E-state index contributed by atoms with van der Waals surface area (Å²) in [6, 6.07) is -0.719. The maximum Gasteiger partial charge on any atom is 0.326 e. The topological polar surface area (TPSA) is 57.6 Å². The van der Waals surface area contributed by atoms with Crippen LogP contribution in [0, 0.1) is 0 Å². The third kappa shape index (κ3) is 3.20. The molecule has 80 valence electrons. The van der Waals surface area contributed by atoms with E-state index in [1.165, 1.54) is 11.0 Å². The van der Waals surface area contributed by atoms with Gasteiger partial charge >= 0.3 is 5.97 Å². The Kier molecular flexibility index (Phi) is 5.60. The van der Waals surface area contributed by atoms with Crippen LogP contribution in [0.3, 0.4) is 0 Å². The molecule has 4 nitrogen and oxygen atoms in total. The maximum absolute atomic E-state index is 11.5. The zero-order chi connectivity index (χ0) is 11.1. The van der Waals surface area contributed by atoms with E-state index < -0.39 is 12.0 Å². The SMILES string of the molecule is C/C=C\C(=O)N(CC)C(CC)C(=O)O. The first kappa shape index (κ1) is 12.7. The van der Waals surface area contributed by atoms with E-state index >= 15 is 0 Å². The van der Waals surface area contributed by atoms with E-state index in [0.29, 0.717) is 13.0 Å². The van der Waals surface area contributed by atoms with Gasteiger partial charge in [-0.05, 0) is 26.3 Å². The van der Waals surface area contributed by atoms with E-state index in [1.54, 1.807) is 26.8 Å². The monoisotopic (exact) mass is 199 g/mol. The first-order valence-corrected chi connectivity index (χ1v) is 4.74. The Balaban J connectivity index is 4.67. The zero-order valence-corrected chi connectivity index (χ0v) is 8.86. The highest BCUT2D eigenvalue weighted by Gasteiger charge is 2.24. The van der Waals surface area contributed by atoms with Gasteiger partial charge in [0.1, 0.15) is 6.04 Å². The predicted molar refractivity (Wildman–Crippen MR) is 53.9 cm³/mol. The molecule has 0 bridgehead atoms. The largest absolute Gasteiger partial charge is 0.480 e. The average molecular weight is 199 g/mol. The summed E-state index contributed by atoms with van der Waals surface area (Å²) in [5, 5.41) is 8.87. The average Bonchev–Trinajstić information content (AvgIpc) is 2.13. The molecule has 14 heavy (non-hydrogen) atoms. The van der Waals surface area contributed by atoms with Crippen molar-refractivity contribution in [2.24, 2.45) is 0 Å². The Hall–Kier alpha value is -1.32. The molecule has 4 heteroatoms. The number of carboxylic acid groups (broad SMARTS) is 1. The molecule has 1 atom stereocenters. The van der Waals surface area contributed by atoms with Gasteiger partial charge in [-0.2, -0.15) is 0 Å². The zero-order valence-electron chi connectivity index (χ0n) is 8.86. The molecule has 0 fully saturated rings. The van der Waals surface area contributed by atoms with Crippen molar-refractivity contribution in [2.45, 2.75) is 33.2 Å². The third-order valence-electron chi connectivity index (χ3n) is 1.98. The van der Waals surface area contributed by atoms with Crippen molar-refractivity contribution in [3.63, 3.8) is 0 Å². The lowest BCUT2D eigenvalue weighted by atomic mass is 10.2. The summed E-state index contributed by atoms with van der Waals surface area (Å²) in [6.07, 6.45) is 3.42. The van der Waals surface area contributed by atoms with Crippen LogP contribution in [-0.2, 0) is 9.59 Å². The van der Waals surface area contributed by atoms with Gasteiger partial charge in [0.25, 0.3) is 0 Å². The quantitative estimate of drug-likeness (QED) is 0.678. The minimum Gasteiger partial charge on any atom is -0.480 e. The number of likely N-dealkylation sites (N-methyl/N-ethyl adjacent to an activating group) is 1. The third-order valence-corrected chi connectivity index (χ3v) is 1.98. The number of carbonyl (C=O) groups excluding carboxylic acids is 1. The van der Waals surface area contributed by atoms with Gasteiger partial charge in [0.2, 0.25) is 5.91 Å². The summed E-state index contributed by atoms with van der Waals surface area (Å²) in [4.78, 5) is 23.6. The van der Waals surface area contributed by atoms with Crippen molar-refractivity contribution < 1.29 is 14.7 Å². The van der Waals surface area contributed by atoms with Gasteiger partial charge in [0, 0.05) is 6.54 Å². The van der Waals surface area contributed by atoms with E-state index in [1.807, 2.05) is 0 Å². The van der Waals surface area contributed by atoms with Crippen molar-refractivity contribution >= 4 is 11.9 Å². The predicted octanol–water partition coefficient (Wildman–Crippen LogP) is 1.27. The molecule has 0 spiro atoms. The molecule has 0 aromatic heterocycles. The van der Waals surface area contributed by atoms with Gasteiger partial charge < -0.3 is 10.0 Å². The number of rotatable bonds is 5. The van der Waals surface area contributed by atoms with E-state index in [-0.39, 0.29) is 5.91 Å². The van der Waals surface area contributed by atoms with Gasteiger partial charge in [-0.3, -0.25) is 4.79 Å². The lowest BCUT2D eigenvalue weighted by Gasteiger charge is -2.25. The van der Waals surface area contributed by atoms with Crippen LogP contribution in [-0.4, -0.2) is 34.5 Å². The Bertz CT molecular complexity index is 236. The van der Waals surface area contributed by atoms with Crippen molar-refractivity contribution in [3.05, 3.63) is 12.2 Å². The van der Waals surface area contributed by atoms with Gasteiger partial charge in [0.05, 0.1) is 0 Å². The first-order chi connectivity index (χ1) is 6.58. The second-order valence-electron chi connectivity index (χ2n) is 2.89. The molecule has 0 saturated carbocycles. The molecule has 1 unspecified atom stereocenters. The number of amides is 1. The minimum absolute atomic E-state index is 0.246. The van der Waals surface area contributed by atoms with E-state index in [9.17, 15) is 9.59 Å². The second-order valence-corrected chi connectivity index (χ2v) is 2.89. The molecule has 0 heterocycles. The smallest absolute Gasteiger partial charge is 0.326 e. The summed E-state index contributed by atoms with van der Waals surface area (Å²) < 4.78 is 0. The highest BCUT2D eigenvalue weighted by atomic mass is 16.4. The molecular weight excluding hydrogens is 182 g/mol. The fraction of sp³-hybridized carbons (Fsp3) is 0.600. The molecule has 0 aliphatic carbocycles. The first-order valence-electron chi connectivity index (χ1n) is 4.74. The van der Waals surface area contributed by atoms with Crippen LogP contribution in [0.1, 0.15) is 27.2 Å². The fourth-order valence-electron chi connectivity index (χ4n) is 1.30. The molecule has 0 aliphatic rings. The number of carbonyl (C=O) groups is 2. The molecular formula is C10H17NO3. The summed E-state index contributed by atoms with van der Waals surface area (Å²) in [6.45, 7) is 5.67. The van der Waals surface area contributed by atoms with Crippen molar-refractivity contribution in [1.82, 2.24) is 4.90 Å². The molecule has 0 aliphatic heterocycles. The van der Waals surface area contributed by atoms with Crippen LogP contribution in [0.2, 0.25) is 0 Å². The normalized spacial score (nSPS) is 12.8. The van der Waals surface area contributed by atoms with E-state index in [0.717, 1.165) is 0 Å². The van der Waals surface area contributed by atoms with Gasteiger partial charge in [-0.25, -0.2) is 4.79 Å². The number of aliphatic carboxylic acids is 1. The molecule has 0 saturated heterocycles. The number of carboxylic acids is 1. The second kappa shape index (κ2) is 6.18. The Morgan fingerprint density at radius 2 is 2.00 bits per heavy atom. The maximum atomic E-state index is 11.5. The molecule has 0 radical (unpaired) electrons. The Morgan fingerprint density at radius 3 is 2.29 bits per heavy atom. The molecule has 1 amide bonds. The lowest BCUT2D eigenvalue weighted by Crippen LogP contribution is -2.43. The Labute approximate surface area is 84.2 Å². The molecule has 0 aromatic rings. The fourth-order valence-corrected chi connectivity index (χ4v) is 1.30. The van der Waals surface area contributed by atoms with Gasteiger partial charge in [-0.15, -0.1) is 0 Å². The van der Waals surface area contributed by atoms with Crippen LogP contribution in [0.15, 0.2) is 12.2 Å². The van der Waals surface area contributed by atoms with Crippen molar-refractivity contribution in [3.8, 4) is 0 Å². The summed E-state index contributed by atoms with van der Waals surface area (Å²) >= 11 is 0. The number of hydrogen-bond donors (Lipinski definition) is 1. The summed E-state index contributed by atoms with van der Waals surface area (Å²) in [5.41, 5.74) is 0.